The Labute approximate surface area is 116 Å². The number of carbonyl (C=O) groups is 1. The van der Waals surface area contributed by atoms with Crippen molar-refractivity contribution in [1.29, 1.82) is 0 Å². The van der Waals surface area contributed by atoms with Crippen LogP contribution in [-0.4, -0.2) is 21.8 Å². The molecule has 0 saturated carbocycles. The lowest BCUT2D eigenvalue weighted by Crippen LogP contribution is -2.13. The first-order valence-corrected chi connectivity index (χ1v) is 6.83. The van der Waals surface area contributed by atoms with Crippen molar-refractivity contribution in [3.05, 3.63) is 35.2 Å². The van der Waals surface area contributed by atoms with E-state index in [1.807, 2.05) is 32.0 Å². The normalized spacial score (nSPS) is 10.3. The molecule has 1 aromatic heterocycles. The lowest BCUT2D eigenvalue weighted by molar-refractivity contribution is 0.102. The second-order valence-electron chi connectivity index (χ2n) is 4.16. The maximum atomic E-state index is 12.1. The van der Waals surface area contributed by atoms with Gasteiger partial charge in [0.15, 0.2) is 0 Å². The van der Waals surface area contributed by atoms with Crippen LogP contribution in [-0.2, 0) is 0 Å². The first kappa shape index (κ1) is 13.5. The van der Waals surface area contributed by atoms with Crippen LogP contribution in [0.4, 0.5) is 10.8 Å². The van der Waals surface area contributed by atoms with Gasteiger partial charge >= 0.3 is 0 Å². The van der Waals surface area contributed by atoms with Crippen molar-refractivity contribution in [3.8, 4) is 0 Å². The maximum Gasteiger partial charge on any atom is 0.257 e. The van der Waals surface area contributed by atoms with Crippen molar-refractivity contribution >= 4 is 28.3 Å². The first-order chi connectivity index (χ1) is 9.10. The molecule has 1 aromatic carbocycles. The number of hydrogen-bond donors (Lipinski definition) is 2. The van der Waals surface area contributed by atoms with E-state index in [1.54, 1.807) is 6.92 Å². The van der Waals surface area contributed by atoms with Crippen molar-refractivity contribution in [3.63, 3.8) is 0 Å². The number of nitrogens with one attached hydrogen (secondary N) is 2. The van der Waals surface area contributed by atoms with Gasteiger partial charge in [-0.1, -0.05) is 0 Å². The predicted octanol–water partition coefficient (Wildman–Crippen LogP) is 2.84. The van der Waals surface area contributed by atoms with Crippen LogP contribution in [0.3, 0.4) is 0 Å². The second-order valence-corrected chi connectivity index (χ2v) is 4.91. The van der Waals surface area contributed by atoms with Crippen LogP contribution in [0.15, 0.2) is 18.2 Å². The Morgan fingerprint density at radius 3 is 2.74 bits per heavy atom. The van der Waals surface area contributed by atoms with E-state index in [0.717, 1.165) is 17.8 Å². The first-order valence-electron chi connectivity index (χ1n) is 6.06. The molecule has 0 fully saturated rings. The summed E-state index contributed by atoms with van der Waals surface area (Å²) < 4.78 is 4.03. The second kappa shape index (κ2) is 5.79. The summed E-state index contributed by atoms with van der Waals surface area (Å²) >= 11 is 1.18. The summed E-state index contributed by atoms with van der Waals surface area (Å²) in [6, 6.07) is 5.68. The number of rotatable bonds is 4. The molecule has 0 saturated heterocycles. The zero-order chi connectivity index (χ0) is 13.8. The number of nitrogens with zero attached hydrogens (tertiary/aromatic N) is 2. The standard InChI is InChI=1S/C13H16N4OS/c1-4-14-10-5-6-11(8(2)7-10)12(18)16-13-15-9(3)17-19-13/h5-7,14H,4H2,1-3H3,(H,15,16,17,18). The molecule has 0 bridgehead atoms. The molecule has 2 aromatic rings. The summed E-state index contributed by atoms with van der Waals surface area (Å²) in [7, 11) is 0. The third-order valence-corrected chi connectivity index (χ3v) is 3.32. The number of hydrogen-bond acceptors (Lipinski definition) is 5. The van der Waals surface area contributed by atoms with Gasteiger partial charge < -0.3 is 5.32 Å². The van der Waals surface area contributed by atoms with Crippen LogP contribution < -0.4 is 10.6 Å². The van der Waals surface area contributed by atoms with E-state index < -0.39 is 0 Å². The van der Waals surface area contributed by atoms with E-state index in [-0.39, 0.29) is 5.91 Å². The van der Waals surface area contributed by atoms with Crippen LogP contribution >= 0.6 is 11.5 Å². The average Bonchev–Trinajstić information content (AvgIpc) is 2.75. The van der Waals surface area contributed by atoms with E-state index in [2.05, 4.69) is 20.0 Å². The lowest BCUT2D eigenvalue weighted by atomic mass is 10.1. The van der Waals surface area contributed by atoms with Crippen molar-refractivity contribution in [1.82, 2.24) is 9.36 Å². The maximum absolute atomic E-state index is 12.1. The fraction of sp³-hybridized carbons (Fsp3) is 0.308. The van der Waals surface area contributed by atoms with Crippen molar-refractivity contribution in [2.24, 2.45) is 0 Å². The fourth-order valence-electron chi connectivity index (χ4n) is 1.74. The highest BCUT2D eigenvalue weighted by Gasteiger charge is 2.11. The third-order valence-electron chi connectivity index (χ3n) is 2.60. The summed E-state index contributed by atoms with van der Waals surface area (Å²) in [6.45, 7) is 6.60. The fourth-order valence-corrected chi connectivity index (χ4v) is 2.32. The Kier molecular flexibility index (Phi) is 4.11. The highest BCUT2D eigenvalue weighted by atomic mass is 32.1. The molecule has 1 amide bonds. The summed E-state index contributed by atoms with van der Waals surface area (Å²) in [6.07, 6.45) is 0. The lowest BCUT2D eigenvalue weighted by Gasteiger charge is -2.08. The van der Waals surface area contributed by atoms with Gasteiger partial charge in [0.2, 0.25) is 5.13 Å². The van der Waals surface area contributed by atoms with Gasteiger partial charge in [0.05, 0.1) is 0 Å². The number of benzene rings is 1. The summed E-state index contributed by atoms with van der Waals surface area (Å²) in [5.74, 6) is 0.510. The molecule has 0 aliphatic rings. The Hall–Kier alpha value is -1.95. The minimum Gasteiger partial charge on any atom is -0.385 e. The number of aromatic nitrogens is 2. The molecule has 0 spiro atoms. The SMILES string of the molecule is CCNc1ccc(C(=O)Nc2nc(C)ns2)c(C)c1. The molecule has 0 aliphatic carbocycles. The molecule has 1 heterocycles. The van der Waals surface area contributed by atoms with E-state index >= 15 is 0 Å². The molecule has 2 N–H and O–H groups in total. The molecule has 0 aliphatic heterocycles. The minimum absolute atomic E-state index is 0.156. The van der Waals surface area contributed by atoms with Crippen LogP contribution in [0, 0.1) is 13.8 Å². The molecule has 0 radical (unpaired) electrons. The van der Waals surface area contributed by atoms with Gasteiger partial charge in [-0.05, 0) is 44.5 Å². The van der Waals surface area contributed by atoms with Crippen LogP contribution in [0.1, 0.15) is 28.7 Å². The van der Waals surface area contributed by atoms with Gasteiger partial charge in [0.25, 0.3) is 5.91 Å². The Bertz CT molecular complexity index is 594. The molecule has 100 valence electrons. The number of carbonyl (C=O) groups excluding carboxylic acids is 1. The monoisotopic (exact) mass is 276 g/mol. The Balaban J connectivity index is 2.15. The molecule has 0 unspecified atom stereocenters. The molecule has 6 heteroatoms. The van der Waals surface area contributed by atoms with Crippen LogP contribution in [0.25, 0.3) is 0 Å². The van der Waals surface area contributed by atoms with Crippen LogP contribution in [0.5, 0.6) is 0 Å². The van der Waals surface area contributed by atoms with E-state index in [9.17, 15) is 4.79 Å². The topological polar surface area (TPSA) is 66.9 Å². The highest BCUT2D eigenvalue weighted by Crippen LogP contribution is 2.17. The molecular weight excluding hydrogens is 260 g/mol. The minimum atomic E-state index is -0.156. The van der Waals surface area contributed by atoms with Crippen LogP contribution in [0.2, 0.25) is 0 Å². The van der Waals surface area contributed by atoms with E-state index in [0.29, 0.717) is 16.5 Å². The summed E-state index contributed by atoms with van der Waals surface area (Å²) in [4.78, 5) is 16.2. The molecule has 2 rings (SSSR count). The predicted molar refractivity (Wildman–Crippen MR) is 77.9 cm³/mol. The molecule has 0 atom stereocenters. The zero-order valence-corrected chi connectivity index (χ0v) is 12.0. The van der Waals surface area contributed by atoms with Gasteiger partial charge in [-0.3, -0.25) is 10.1 Å². The summed E-state index contributed by atoms with van der Waals surface area (Å²) in [5.41, 5.74) is 2.59. The largest absolute Gasteiger partial charge is 0.385 e. The Morgan fingerprint density at radius 1 is 1.37 bits per heavy atom. The van der Waals surface area contributed by atoms with E-state index in [4.69, 9.17) is 0 Å². The van der Waals surface area contributed by atoms with Gasteiger partial charge in [-0.15, -0.1) is 0 Å². The molecular formula is C13H16N4OS. The van der Waals surface area contributed by atoms with Gasteiger partial charge in [0, 0.05) is 29.3 Å². The number of aryl methyl sites for hydroxylation is 2. The van der Waals surface area contributed by atoms with Gasteiger partial charge in [-0.2, -0.15) is 4.37 Å². The Morgan fingerprint density at radius 2 is 2.16 bits per heavy atom. The van der Waals surface area contributed by atoms with E-state index in [1.165, 1.54) is 11.5 Å². The number of amides is 1. The van der Waals surface area contributed by atoms with Crippen molar-refractivity contribution in [2.75, 3.05) is 17.2 Å². The smallest absolute Gasteiger partial charge is 0.257 e. The van der Waals surface area contributed by atoms with Crippen molar-refractivity contribution in [2.45, 2.75) is 20.8 Å². The zero-order valence-electron chi connectivity index (χ0n) is 11.2. The highest BCUT2D eigenvalue weighted by molar-refractivity contribution is 7.09. The summed E-state index contributed by atoms with van der Waals surface area (Å²) in [5, 5.41) is 6.50. The van der Waals surface area contributed by atoms with Gasteiger partial charge in [-0.25, -0.2) is 4.98 Å². The third kappa shape index (κ3) is 3.29. The van der Waals surface area contributed by atoms with Crippen molar-refractivity contribution < 1.29 is 4.79 Å². The molecule has 19 heavy (non-hydrogen) atoms. The van der Waals surface area contributed by atoms with Gasteiger partial charge in [0.1, 0.15) is 5.82 Å². The molecule has 5 nitrogen and oxygen atoms in total. The average molecular weight is 276 g/mol. The number of anilines is 2. The quantitative estimate of drug-likeness (QED) is 0.901.